The quantitative estimate of drug-likeness (QED) is 0.275. The second-order valence-electron chi connectivity index (χ2n) is 7.24. The fourth-order valence-corrected chi connectivity index (χ4v) is 3.71. The third-order valence-electron chi connectivity index (χ3n) is 4.85. The number of methoxy groups -OCH3 is 1. The number of nitriles is 1. The molecule has 0 heterocycles. The number of amides is 1. The largest absolute Gasteiger partial charge is 0.497 e. The molecule has 3 aromatic rings. The first-order valence-corrected chi connectivity index (χ1v) is 11.5. The van der Waals surface area contributed by atoms with Gasteiger partial charge in [0.25, 0.3) is 5.91 Å². The highest BCUT2D eigenvalue weighted by Gasteiger charge is 2.14. The molecule has 0 radical (unpaired) electrons. The van der Waals surface area contributed by atoms with Crippen molar-refractivity contribution in [3.8, 4) is 23.3 Å². The molecule has 6 nitrogen and oxygen atoms in total. The van der Waals surface area contributed by atoms with Crippen LogP contribution in [0.15, 0.2) is 76.8 Å². The van der Waals surface area contributed by atoms with Gasteiger partial charge in [-0.15, -0.1) is 0 Å². The van der Waals surface area contributed by atoms with Gasteiger partial charge in [-0.3, -0.25) is 4.79 Å². The van der Waals surface area contributed by atoms with E-state index in [-0.39, 0.29) is 5.57 Å². The highest BCUT2D eigenvalue weighted by molar-refractivity contribution is 9.10. The van der Waals surface area contributed by atoms with E-state index in [9.17, 15) is 10.1 Å². The van der Waals surface area contributed by atoms with Crippen LogP contribution in [0.25, 0.3) is 6.08 Å². The Bertz CT molecular complexity index is 1190. The van der Waals surface area contributed by atoms with Crippen molar-refractivity contribution < 1.29 is 19.0 Å². The van der Waals surface area contributed by atoms with E-state index < -0.39 is 5.91 Å². The van der Waals surface area contributed by atoms with Crippen LogP contribution in [0, 0.1) is 11.3 Å². The molecule has 3 aromatic carbocycles. The van der Waals surface area contributed by atoms with Crippen LogP contribution < -0.4 is 19.5 Å². The summed E-state index contributed by atoms with van der Waals surface area (Å²) in [7, 11) is 1.60. The van der Waals surface area contributed by atoms with Crippen LogP contribution in [0.5, 0.6) is 17.2 Å². The van der Waals surface area contributed by atoms with Crippen LogP contribution >= 0.6 is 15.9 Å². The highest BCUT2D eigenvalue weighted by atomic mass is 79.9. The lowest BCUT2D eigenvalue weighted by atomic mass is 10.1. The molecule has 0 saturated carbocycles. The molecule has 0 aliphatic carbocycles. The SMILES string of the molecule is CCOc1cc(/C=C(/C#N)C(=O)NCc2ccc(OC)cc2)cc(Br)c1OCc1ccccc1. The van der Waals surface area contributed by atoms with Gasteiger partial charge in [0.2, 0.25) is 0 Å². The van der Waals surface area contributed by atoms with Gasteiger partial charge in [0.1, 0.15) is 24.0 Å². The minimum absolute atomic E-state index is 0.0131. The third kappa shape index (κ3) is 6.87. The molecule has 1 amide bonds. The number of hydrogen-bond acceptors (Lipinski definition) is 5. The number of benzene rings is 3. The fraction of sp³-hybridized carbons (Fsp3) is 0.185. The maximum atomic E-state index is 12.6. The van der Waals surface area contributed by atoms with Gasteiger partial charge < -0.3 is 19.5 Å². The summed E-state index contributed by atoms with van der Waals surface area (Å²) in [6.45, 7) is 2.99. The summed E-state index contributed by atoms with van der Waals surface area (Å²) in [5, 5.41) is 12.3. The molecule has 174 valence electrons. The van der Waals surface area contributed by atoms with Gasteiger partial charge in [-0.1, -0.05) is 42.5 Å². The molecule has 0 bridgehead atoms. The lowest BCUT2D eigenvalue weighted by molar-refractivity contribution is -0.117. The Balaban J connectivity index is 1.75. The molecular weight excluding hydrogens is 496 g/mol. The summed E-state index contributed by atoms with van der Waals surface area (Å²) in [6, 6.07) is 22.7. The number of nitrogens with zero attached hydrogens (tertiary/aromatic N) is 1. The van der Waals surface area contributed by atoms with Crippen LogP contribution in [0.2, 0.25) is 0 Å². The number of ether oxygens (including phenoxy) is 3. The molecule has 0 atom stereocenters. The lowest BCUT2D eigenvalue weighted by Gasteiger charge is -2.15. The second-order valence-corrected chi connectivity index (χ2v) is 8.09. The smallest absolute Gasteiger partial charge is 0.262 e. The van der Waals surface area contributed by atoms with Crippen molar-refractivity contribution in [1.82, 2.24) is 5.32 Å². The van der Waals surface area contributed by atoms with E-state index in [0.717, 1.165) is 16.9 Å². The zero-order chi connectivity index (χ0) is 24.3. The molecule has 0 aliphatic heterocycles. The highest BCUT2D eigenvalue weighted by Crippen LogP contribution is 2.38. The Morgan fingerprint density at radius 1 is 1.06 bits per heavy atom. The van der Waals surface area contributed by atoms with Crippen LogP contribution in [0.3, 0.4) is 0 Å². The first-order valence-electron chi connectivity index (χ1n) is 10.7. The molecule has 0 fully saturated rings. The van der Waals surface area contributed by atoms with Gasteiger partial charge in [0.05, 0.1) is 18.2 Å². The molecule has 34 heavy (non-hydrogen) atoms. The maximum absolute atomic E-state index is 12.6. The predicted molar refractivity (Wildman–Crippen MR) is 135 cm³/mol. The van der Waals surface area contributed by atoms with Crippen molar-refractivity contribution in [1.29, 1.82) is 5.26 Å². The Kier molecular flexibility index (Phi) is 9.12. The topological polar surface area (TPSA) is 80.6 Å². The minimum Gasteiger partial charge on any atom is -0.497 e. The van der Waals surface area contributed by atoms with Crippen molar-refractivity contribution in [2.45, 2.75) is 20.1 Å². The summed E-state index contributed by atoms with van der Waals surface area (Å²) < 4.78 is 17.6. The van der Waals surface area contributed by atoms with E-state index in [1.165, 1.54) is 6.08 Å². The standard InChI is InChI=1S/C27H25BrN2O4/c1-3-33-25-15-21(14-24(28)26(25)34-18-20-7-5-4-6-8-20)13-22(16-29)27(31)30-17-19-9-11-23(32-2)12-10-19/h4-15H,3,17-18H2,1-2H3,(H,30,31)/b22-13-. The summed E-state index contributed by atoms with van der Waals surface area (Å²) in [5.74, 6) is 1.36. The molecular formula is C27H25BrN2O4. The molecule has 0 spiro atoms. The van der Waals surface area contributed by atoms with E-state index in [0.29, 0.717) is 41.3 Å². The Morgan fingerprint density at radius 3 is 2.44 bits per heavy atom. The van der Waals surface area contributed by atoms with E-state index in [1.54, 1.807) is 19.2 Å². The van der Waals surface area contributed by atoms with Gasteiger partial charge >= 0.3 is 0 Å². The summed E-state index contributed by atoms with van der Waals surface area (Å²) in [6.07, 6.45) is 1.53. The van der Waals surface area contributed by atoms with Crippen LogP contribution in [-0.2, 0) is 17.9 Å². The summed E-state index contributed by atoms with van der Waals surface area (Å²) in [4.78, 5) is 12.6. The van der Waals surface area contributed by atoms with Gasteiger partial charge in [0, 0.05) is 6.54 Å². The van der Waals surface area contributed by atoms with Crippen molar-refractivity contribution in [3.63, 3.8) is 0 Å². The Hall–Kier alpha value is -3.76. The number of nitrogens with one attached hydrogen (secondary N) is 1. The lowest BCUT2D eigenvalue weighted by Crippen LogP contribution is -2.23. The maximum Gasteiger partial charge on any atom is 0.262 e. The molecule has 0 saturated heterocycles. The Morgan fingerprint density at radius 2 is 1.79 bits per heavy atom. The van der Waals surface area contributed by atoms with Crippen molar-refractivity contribution in [3.05, 3.63) is 93.5 Å². The van der Waals surface area contributed by atoms with Gasteiger partial charge in [-0.2, -0.15) is 5.26 Å². The first kappa shape index (κ1) is 24.9. The van der Waals surface area contributed by atoms with Crippen LogP contribution in [0.4, 0.5) is 0 Å². The van der Waals surface area contributed by atoms with E-state index >= 15 is 0 Å². The van der Waals surface area contributed by atoms with E-state index in [1.807, 2.05) is 67.6 Å². The number of carbonyl (C=O) groups is 1. The summed E-state index contributed by atoms with van der Waals surface area (Å²) >= 11 is 3.54. The summed E-state index contributed by atoms with van der Waals surface area (Å²) in [5.41, 5.74) is 2.55. The molecule has 1 N–H and O–H groups in total. The van der Waals surface area contributed by atoms with Crippen LogP contribution in [-0.4, -0.2) is 19.6 Å². The number of halogens is 1. The minimum atomic E-state index is -0.461. The van der Waals surface area contributed by atoms with Crippen molar-refractivity contribution >= 4 is 27.9 Å². The predicted octanol–water partition coefficient (Wildman–Crippen LogP) is 5.66. The number of carbonyl (C=O) groups excluding carboxylic acids is 1. The van der Waals surface area contributed by atoms with E-state index in [4.69, 9.17) is 14.2 Å². The molecule has 0 aromatic heterocycles. The zero-order valence-corrected chi connectivity index (χ0v) is 20.6. The molecule has 0 aliphatic rings. The third-order valence-corrected chi connectivity index (χ3v) is 5.43. The average molecular weight is 521 g/mol. The Labute approximate surface area is 207 Å². The second kappa shape index (κ2) is 12.5. The van der Waals surface area contributed by atoms with Gasteiger partial charge in [-0.05, 0) is 69.9 Å². The average Bonchev–Trinajstić information content (AvgIpc) is 2.86. The fourth-order valence-electron chi connectivity index (χ4n) is 3.14. The monoisotopic (exact) mass is 520 g/mol. The zero-order valence-electron chi connectivity index (χ0n) is 19.0. The van der Waals surface area contributed by atoms with Crippen LogP contribution in [0.1, 0.15) is 23.6 Å². The molecule has 0 unspecified atom stereocenters. The first-order chi connectivity index (χ1) is 16.5. The normalized spacial score (nSPS) is 10.8. The number of rotatable bonds is 10. The number of hydrogen-bond donors (Lipinski definition) is 1. The van der Waals surface area contributed by atoms with Gasteiger partial charge in [0.15, 0.2) is 11.5 Å². The van der Waals surface area contributed by atoms with E-state index in [2.05, 4.69) is 21.2 Å². The molecule has 3 rings (SSSR count). The molecule has 7 heteroatoms. The van der Waals surface area contributed by atoms with Crippen molar-refractivity contribution in [2.24, 2.45) is 0 Å². The van der Waals surface area contributed by atoms with Gasteiger partial charge in [-0.25, -0.2) is 0 Å². The van der Waals surface area contributed by atoms with Crippen molar-refractivity contribution in [2.75, 3.05) is 13.7 Å².